The second-order valence-corrected chi connectivity index (χ2v) is 8.43. The molecule has 4 atom stereocenters. The summed E-state index contributed by atoms with van der Waals surface area (Å²) < 4.78 is 16.4. The molecule has 3 rings (SSSR count). The van der Waals surface area contributed by atoms with Gasteiger partial charge in [-0.3, -0.25) is 5.10 Å². The average Bonchev–Trinajstić information content (AvgIpc) is 3.23. The van der Waals surface area contributed by atoms with Gasteiger partial charge in [-0.05, 0) is 45.4 Å². The van der Waals surface area contributed by atoms with Crippen LogP contribution in [-0.4, -0.2) is 47.3 Å². The second kappa shape index (κ2) is 11.5. The molecule has 1 aromatic heterocycles. The van der Waals surface area contributed by atoms with Crippen molar-refractivity contribution < 1.29 is 19.0 Å². The quantitative estimate of drug-likeness (QED) is 0.453. The lowest BCUT2D eigenvalue weighted by Gasteiger charge is -2.29. The first-order valence-electron chi connectivity index (χ1n) is 11.5. The Balaban J connectivity index is 1.56. The number of nitrogens with one attached hydrogen (secondary N) is 1. The van der Waals surface area contributed by atoms with Gasteiger partial charge in [0.05, 0.1) is 19.3 Å². The lowest BCUT2D eigenvalue weighted by atomic mass is 9.79. The lowest BCUT2D eigenvalue weighted by molar-refractivity contribution is 0.0299. The number of ether oxygens (including phenoxy) is 3. The number of H-pyrrole nitrogens is 1. The molecule has 0 aromatic carbocycles. The fourth-order valence-electron chi connectivity index (χ4n) is 4.69. The summed E-state index contributed by atoms with van der Waals surface area (Å²) in [7, 11) is 0. The van der Waals surface area contributed by atoms with E-state index in [-0.39, 0.29) is 11.8 Å². The van der Waals surface area contributed by atoms with E-state index in [4.69, 9.17) is 19.2 Å². The highest BCUT2D eigenvalue weighted by atomic mass is 16.7. The highest BCUT2D eigenvalue weighted by Gasteiger charge is 2.32. The zero-order chi connectivity index (χ0) is 20.5. The second-order valence-electron chi connectivity index (χ2n) is 8.43. The summed E-state index contributed by atoms with van der Waals surface area (Å²) >= 11 is 0. The van der Waals surface area contributed by atoms with Crippen molar-refractivity contribution in [2.75, 3.05) is 19.8 Å². The summed E-state index contributed by atoms with van der Waals surface area (Å²) in [6, 6.07) is 0. The topological polar surface area (TPSA) is 86.3 Å². The Morgan fingerprint density at radius 2 is 1.97 bits per heavy atom. The average molecular weight is 408 g/mol. The molecular formula is C22H37N3O4. The largest absolute Gasteiger partial charge is 0.508 e. The number of nitrogens with zero attached hydrogens (tertiary/aromatic N) is 2. The van der Waals surface area contributed by atoms with Crippen molar-refractivity contribution in [1.29, 1.82) is 0 Å². The molecule has 29 heavy (non-hydrogen) atoms. The molecule has 0 bridgehead atoms. The normalized spacial score (nSPS) is 27.5. The summed E-state index contributed by atoms with van der Waals surface area (Å²) in [4.78, 5) is 16.7. The molecule has 1 N–H and O–H groups in total. The first-order chi connectivity index (χ1) is 14.2. The van der Waals surface area contributed by atoms with Crippen molar-refractivity contribution in [3.05, 3.63) is 11.6 Å². The van der Waals surface area contributed by atoms with Gasteiger partial charge >= 0.3 is 6.16 Å². The van der Waals surface area contributed by atoms with Crippen molar-refractivity contribution >= 4 is 6.16 Å². The number of aromatic nitrogens is 3. The fourth-order valence-corrected chi connectivity index (χ4v) is 4.69. The number of unbranched alkanes of at least 4 members (excludes halogenated alkanes) is 1. The number of carbonyl (C=O) groups excluding carboxylic acids is 1. The molecule has 0 radical (unpaired) electrons. The zero-order valence-electron chi connectivity index (χ0n) is 18.0. The smallest absolute Gasteiger partial charge is 0.434 e. The molecule has 164 valence electrons. The summed E-state index contributed by atoms with van der Waals surface area (Å²) in [6.45, 7) is 5.71. The molecule has 0 amide bonds. The van der Waals surface area contributed by atoms with Crippen molar-refractivity contribution in [1.82, 2.24) is 15.2 Å². The summed E-state index contributed by atoms with van der Waals surface area (Å²) in [6.07, 6.45) is 10.5. The van der Waals surface area contributed by atoms with E-state index in [0.717, 1.165) is 69.6 Å². The van der Waals surface area contributed by atoms with Crippen LogP contribution in [-0.2, 0) is 14.2 Å². The van der Waals surface area contributed by atoms with E-state index in [1.165, 1.54) is 12.8 Å². The predicted molar refractivity (Wildman–Crippen MR) is 110 cm³/mol. The number of rotatable bonds is 9. The van der Waals surface area contributed by atoms with E-state index in [0.29, 0.717) is 25.2 Å². The number of aromatic amines is 1. The predicted octanol–water partition coefficient (Wildman–Crippen LogP) is 5.09. The van der Waals surface area contributed by atoms with Crippen LogP contribution in [0.25, 0.3) is 0 Å². The van der Waals surface area contributed by atoms with Crippen LogP contribution in [0.1, 0.15) is 102 Å². The van der Waals surface area contributed by atoms with E-state index in [1.54, 1.807) is 0 Å². The Morgan fingerprint density at radius 3 is 2.79 bits per heavy atom. The molecule has 1 aromatic rings. The van der Waals surface area contributed by atoms with Gasteiger partial charge in [0.25, 0.3) is 0 Å². The molecular weight excluding hydrogens is 370 g/mol. The monoisotopic (exact) mass is 407 g/mol. The molecule has 4 unspecified atom stereocenters. The van der Waals surface area contributed by atoms with Crippen molar-refractivity contribution in [3.8, 4) is 0 Å². The zero-order valence-corrected chi connectivity index (χ0v) is 18.0. The van der Waals surface area contributed by atoms with Crippen molar-refractivity contribution in [2.24, 2.45) is 5.92 Å². The van der Waals surface area contributed by atoms with Crippen LogP contribution < -0.4 is 0 Å². The molecule has 2 aliphatic carbocycles. The minimum absolute atomic E-state index is 0.264. The van der Waals surface area contributed by atoms with E-state index in [9.17, 15) is 4.79 Å². The Morgan fingerprint density at radius 1 is 1.10 bits per heavy atom. The minimum atomic E-state index is -0.551. The first-order valence-corrected chi connectivity index (χ1v) is 11.5. The van der Waals surface area contributed by atoms with Gasteiger partial charge in [-0.1, -0.05) is 32.6 Å². The van der Waals surface area contributed by atoms with Gasteiger partial charge in [0.2, 0.25) is 0 Å². The van der Waals surface area contributed by atoms with Crippen LogP contribution in [0, 0.1) is 5.92 Å². The molecule has 0 aliphatic heterocycles. The van der Waals surface area contributed by atoms with Crippen molar-refractivity contribution in [2.45, 2.75) is 96.0 Å². The fraction of sp³-hybridized carbons (Fsp3) is 0.864. The van der Waals surface area contributed by atoms with E-state index >= 15 is 0 Å². The number of carbonyl (C=O) groups is 1. The molecule has 2 fully saturated rings. The Hall–Kier alpha value is -1.63. The lowest BCUT2D eigenvalue weighted by Crippen LogP contribution is -2.25. The highest BCUT2D eigenvalue weighted by Crippen LogP contribution is 2.38. The first kappa shape index (κ1) is 22.1. The standard InChI is InChI=1S/C22H37N3O4/c1-3-5-13-28-22(26)29-15-17-9-6-7-12-19(17)21-23-20(24-25-21)16-10-8-11-18(14-16)27-4-2/h16-19H,3-15H2,1-2H3,(H,23,24,25). The molecule has 2 saturated carbocycles. The van der Waals surface area contributed by atoms with E-state index in [1.807, 2.05) is 0 Å². The van der Waals surface area contributed by atoms with Crippen LogP contribution in [0.2, 0.25) is 0 Å². The van der Waals surface area contributed by atoms with Gasteiger partial charge in [-0.15, -0.1) is 0 Å². The third-order valence-electron chi connectivity index (χ3n) is 6.31. The van der Waals surface area contributed by atoms with Gasteiger partial charge in [0.1, 0.15) is 5.82 Å². The van der Waals surface area contributed by atoms with Gasteiger partial charge in [-0.25, -0.2) is 9.78 Å². The van der Waals surface area contributed by atoms with Gasteiger partial charge < -0.3 is 14.2 Å². The molecule has 7 heteroatoms. The van der Waals surface area contributed by atoms with Gasteiger partial charge in [0, 0.05) is 24.4 Å². The maximum Gasteiger partial charge on any atom is 0.508 e. The summed E-state index contributed by atoms with van der Waals surface area (Å²) in [5, 5.41) is 7.77. The summed E-state index contributed by atoms with van der Waals surface area (Å²) in [5.41, 5.74) is 0. The maximum absolute atomic E-state index is 11.8. The Labute approximate surface area is 174 Å². The van der Waals surface area contributed by atoms with Crippen LogP contribution in [0.3, 0.4) is 0 Å². The number of hydrogen-bond acceptors (Lipinski definition) is 6. The SMILES string of the molecule is CCCCOC(=O)OCC1CCCCC1c1nc(C2CCCC(OCC)C2)n[nH]1. The molecule has 1 heterocycles. The van der Waals surface area contributed by atoms with Crippen LogP contribution in [0.4, 0.5) is 4.79 Å². The van der Waals surface area contributed by atoms with Gasteiger partial charge in [0.15, 0.2) is 5.82 Å². The van der Waals surface area contributed by atoms with Crippen LogP contribution in [0.5, 0.6) is 0 Å². The third-order valence-corrected chi connectivity index (χ3v) is 6.31. The number of hydrogen-bond donors (Lipinski definition) is 1. The van der Waals surface area contributed by atoms with Crippen molar-refractivity contribution in [3.63, 3.8) is 0 Å². The highest BCUT2D eigenvalue weighted by molar-refractivity contribution is 5.59. The molecule has 0 saturated heterocycles. The Bertz CT molecular complexity index is 619. The minimum Gasteiger partial charge on any atom is -0.434 e. The van der Waals surface area contributed by atoms with E-state index in [2.05, 4.69) is 24.0 Å². The van der Waals surface area contributed by atoms with E-state index < -0.39 is 6.16 Å². The van der Waals surface area contributed by atoms with Crippen LogP contribution >= 0.6 is 0 Å². The molecule has 2 aliphatic rings. The maximum atomic E-state index is 11.8. The van der Waals surface area contributed by atoms with Gasteiger partial charge in [-0.2, -0.15) is 5.10 Å². The third kappa shape index (κ3) is 6.43. The summed E-state index contributed by atoms with van der Waals surface area (Å²) in [5.74, 6) is 2.78. The molecule has 7 nitrogen and oxygen atoms in total. The Kier molecular flexibility index (Phi) is 8.77. The van der Waals surface area contributed by atoms with Crippen LogP contribution in [0.15, 0.2) is 0 Å². The molecule has 0 spiro atoms.